The van der Waals surface area contributed by atoms with E-state index in [1.54, 1.807) is 24.3 Å². The van der Waals surface area contributed by atoms with E-state index in [0.29, 0.717) is 6.42 Å². The van der Waals surface area contributed by atoms with Crippen molar-refractivity contribution < 1.29 is 10.2 Å². The molecule has 0 radical (unpaired) electrons. The van der Waals surface area contributed by atoms with Gasteiger partial charge in [-0.3, -0.25) is 13.9 Å². The molecule has 0 amide bonds. The zero-order valence-corrected chi connectivity index (χ0v) is 15.5. The van der Waals surface area contributed by atoms with Gasteiger partial charge in [0.15, 0.2) is 0 Å². The second-order valence-corrected chi connectivity index (χ2v) is 7.41. The smallest absolute Gasteiger partial charge is 0.332 e. The molecule has 0 saturated heterocycles. The molecule has 7 heteroatoms. The van der Waals surface area contributed by atoms with E-state index in [1.807, 2.05) is 31.2 Å². The number of anilines is 2. The lowest BCUT2D eigenvalue weighted by atomic mass is 10.2. The molecule has 4 atom stereocenters. The average Bonchev–Trinajstić information content (AvgIpc) is 3.28. The van der Waals surface area contributed by atoms with Crippen LogP contribution in [-0.4, -0.2) is 31.6 Å². The molecule has 2 aliphatic rings. The Morgan fingerprint density at radius 3 is 2.11 bits per heavy atom. The van der Waals surface area contributed by atoms with Gasteiger partial charge < -0.3 is 15.5 Å². The Labute approximate surface area is 161 Å². The SMILES string of the molecule is Cc1ccc(Nc2cn(C3C=CC(O)C3)c(=O)n(C3C=CC(O)C3)c2=O)cc1. The number of aromatic nitrogens is 2. The van der Waals surface area contributed by atoms with Crippen LogP contribution in [0.2, 0.25) is 0 Å². The van der Waals surface area contributed by atoms with Gasteiger partial charge in [-0.15, -0.1) is 0 Å². The Kier molecular flexibility index (Phi) is 4.78. The molecule has 0 spiro atoms. The van der Waals surface area contributed by atoms with E-state index in [1.165, 1.54) is 15.3 Å². The van der Waals surface area contributed by atoms with E-state index in [4.69, 9.17) is 0 Å². The molecule has 2 aromatic rings. The minimum absolute atomic E-state index is 0.271. The number of aryl methyl sites for hydroxylation is 1. The predicted molar refractivity (Wildman–Crippen MR) is 107 cm³/mol. The van der Waals surface area contributed by atoms with Gasteiger partial charge in [-0.1, -0.05) is 42.0 Å². The van der Waals surface area contributed by atoms with Gasteiger partial charge in [0.2, 0.25) is 0 Å². The second kappa shape index (κ2) is 7.26. The maximum absolute atomic E-state index is 13.1. The molecule has 0 aliphatic heterocycles. The lowest BCUT2D eigenvalue weighted by molar-refractivity contribution is 0.205. The standard InChI is InChI=1S/C21H23N3O4/c1-13-2-4-14(5-3-13)22-19-12-23(15-6-8-17(25)10-15)21(28)24(20(19)27)16-7-9-18(26)11-16/h2-9,12,15-18,22,25-26H,10-11H2,1H3. The van der Waals surface area contributed by atoms with Crippen molar-refractivity contribution in [3.63, 3.8) is 0 Å². The van der Waals surface area contributed by atoms with Crippen molar-refractivity contribution in [2.24, 2.45) is 0 Å². The molecule has 1 aromatic carbocycles. The van der Waals surface area contributed by atoms with E-state index in [9.17, 15) is 19.8 Å². The lowest BCUT2D eigenvalue weighted by Crippen LogP contribution is -2.43. The summed E-state index contributed by atoms with van der Waals surface area (Å²) in [7, 11) is 0. The largest absolute Gasteiger partial charge is 0.389 e. The molecular weight excluding hydrogens is 358 g/mol. The van der Waals surface area contributed by atoms with Crippen LogP contribution in [0.4, 0.5) is 11.4 Å². The minimum Gasteiger partial charge on any atom is -0.389 e. The van der Waals surface area contributed by atoms with Gasteiger partial charge in [0.1, 0.15) is 5.69 Å². The third-order valence-corrected chi connectivity index (χ3v) is 5.24. The van der Waals surface area contributed by atoms with Gasteiger partial charge in [0.05, 0.1) is 24.3 Å². The number of aliphatic hydroxyl groups excluding tert-OH is 2. The highest BCUT2D eigenvalue weighted by molar-refractivity contribution is 5.58. The minimum atomic E-state index is -0.674. The number of allylic oxidation sites excluding steroid dienone is 2. The Morgan fingerprint density at radius 1 is 0.929 bits per heavy atom. The topological polar surface area (TPSA) is 96.5 Å². The first kappa shape index (κ1) is 18.5. The second-order valence-electron chi connectivity index (χ2n) is 7.41. The van der Waals surface area contributed by atoms with Crippen LogP contribution in [0.3, 0.4) is 0 Å². The summed E-state index contributed by atoms with van der Waals surface area (Å²) in [5, 5.41) is 22.8. The number of aliphatic hydroxyl groups is 2. The summed E-state index contributed by atoms with van der Waals surface area (Å²) in [5.41, 5.74) is 1.22. The van der Waals surface area contributed by atoms with Crippen molar-refractivity contribution >= 4 is 11.4 Å². The average molecular weight is 381 g/mol. The summed E-state index contributed by atoms with van der Waals surface area (Å²) in [4.78, 5) is 26.2. The number of rotatable bonds is 4. The van der Waals surface area contributed by atoms with Gasteiger partial charge in [-0.05, 0) is 19.1 Å². The van der Waals surface area contributed by atoms with E-state index in [0.717, 1.165) is 11.3 Å². The van der Waals surface area contributed by atoms with Crippen molar-refractivity contribution in [3.05, 3.63) is 81.2 Å². The van der Waals surface area contributed by atoms with Crippen LogP contribution in [0.1, 0.15) is 30.5 Å². The molecule has 1 heterocycles. The van der Waals surface area contributed by atoms with Crippen LogP contribution < -0.4 is 16.6 Å². The number of hydrogen-bond donors (Lipinski definition) is 3. The molecule has 3 N–H and O–H groups in total. The Bertz CT molecular complexity index is 1050. The normalized spacial score (nSPS) is 26.1. The van der Waals surface area contributed by atoms with Gasteiger partial charge in [0.25, 0.3) is 5.56 Å². The fraction of sp³-hybridized carbons (Fsp3) is 0.333. The molecule has 146 valence electrons. The van der Waals surface area contributed by atoms with Gasteiger partial charge in [-0.2, -0.15) is 0 Å². The highest BCUT2D eigenvalue weighted by Gasteiger charge is 2.27. The molecule has 4 rings (SSSR count). The highest BCUT2D eigenvalue weighted by Crippen LogP contribution is 2.25. The van der Waals surface area contributed by atoms with Crippen LogP contribution in [0.15, 0.2) is 64.4 Å². The summed E-state index contributed by atoms with van der Waals surface area (Å²) in [5.74, 6) is 0. The number of nitrogens with one attached hydrogen (secondary N) is 1. The quantitative estimate of drug-likeness (QED) is 0.702. The number of benzene rings is 1. The molecule has 28 heavy (non-hydrogen) atoms. The maximum atomic E-state index is 13.1. The first-order chi connectivity index (χ1) is 13.4. The van der Waals surface area contributed by atoms with Gasteiger partial charge in [0, 0.05) is 24.7 Å². The van der Waals surface area contributed by atoms with E-state index >= 15 is 0 Å². The van der Waals surface area contributed by atoms with Crippen LogP contribution in [0.5, 0.6) is 0 Å². The number of nitrogens with zero attached hydrogens (tertiary/aromatic N) is 2. The van der Waals surface area contributed by atoms with Crippen molar-refractivity contribution in [1.29, 1.82) is 0 Å². The number of hydrogen-bond acceptors (Lipinski definition) is 5. The summed E-state index contributed by atoms with van der Waals surface area (Å²) in [6, 6.07) is 6.77. The zero-order chi connectivity index (χ0) is 19.8. The monoisotopic (exact) mass is 381 g/mol. The molecule has 7 nitrogen and oxygen atoms in total. The fourth-order valence-corrected chi connectivity index (χ4v) is 3.72. The third kappa shape index (κ3) is 3.46. The molecule has 4 unspecified atom stereocenters. The van der Waals surface area contributed by atoms with Crippen LogP contribution in [0, 0.1) is 6.92 Å². The van der Waals surface area contributed by atoms with E-state index < -0.39 is 29.5 Å². The summed E-state index contributed by atoms with van der Waals surface area (Å²) >= 11 is 0. The fourth-order valence-electron chi connectivity index (χ4n) is 3.72. The van der Waals surface area contributed by atoms with E-state index in [2.05, 4.69) is 5.32 Å². The maximum Gasteiger partial charge on any atom is 0.332 e. The van der Waals surface area contributed by atoms with Gasteiger partial charge >= 0.3 is 5.69 Å². The van der Waals surface area contributed by atoms with Gasteiger partial charge in [-0.25, -0.2) is 4.79 Å². The first-order valence-electron chi connectivity index (χ1n) is 9.36. The Morgan fingerprint density at radius 2 is 1.54 bits per heavy atom. The van der Waals surface area contributed by atoms with Crippen LogP contribution in [0.25, 0.3) is 0 Å². The molecule has 0 fully saturated rings. The first-order valence-corrected chi connectivity index (χ1v) is 9.36. The van der Waals surface area contributed by atoms with Crippen LogP contribution in [-0.2, 0) is 0 Å². The lowest BCUT2D eigenvalue weighted by Gasteiger charge is -2.20. The zero-order valence-electron chi connectivity index (χ0n) is 15.5. The molecular formula is C21H23N3O4. The molecule has 2 aliphatic carbocycles. The van der Waals surface area contributed by atoms with Crippen molar-refractivity contribution in [3.8, 4) is 0 Å². The van der Waals surface area contributed by atoms with Crippen molar-refractivity contribution in [2.45, 2.75) is 44.1 Å². The van der Waals surface area contributed by atoms with Crippen molar-refractivity contribution in [1.82, 2.24) is 9.13 Å². The summed E-state index contributed by atoms with van der Waals surface area (Å²) in [6.07, 6.45) is 7.60. The van der Waals surface area contributed by atoms with Crippen LogP contribution >= 0.6 is 0 Å². The van der Waals surface area contributed by atoms with E-state index in [-0.39, 0.29) is 18.2 Å². The molecule has 0 saturated carbocycles. The summed E-state index contributed by atoms with van der Waals surface area (Å²) < 4.78 is 2.66. The Hall–Kier alpha value is -2.90. The highest BCUT2D eigenvalue weighted by atomic mass is 16.3. The molecule has 1 aromatic heterocycles. The third-order valence-electron chi connectivity index (χ3n) is 5.24. The predicted octanol–water partition coefficient (Wildman–Crippen LogP) is 1.79. The molecule has 0 bridgehead atoms. The summed E-state index contributed by atoms with van der Waals surface area (Å²) in [6.45, 7) is 1.98. The van der Waals surface area contributed by atoms with Crippen molar-refractivity contribution in [2.75, 3.05) is 5.32 Å². The Balaban J connectivity index is 1.81.